The van der Waals surface area contributed by atoms with Crippen LogP contribution in [-0.2, 0) is 16.0 Å². The second kappa shape index (κ2) is 8.98. The van der Waals surface area contributed by atoms with Crippen LogP contribution in [0.3, 0.4) is 0 Å². The van der Waals surface area contributed by atoms with E-state index in [9.17, 15) is 4.79 Å². The van der Waals surface area contributed by atoms with E-state index in [1.54, 1.807) is 7.11 Å². The highest BCUT2D eigenvalue weighted by atomic mass is 35.5. The molecule has 22 heavy (non-hydrogen) atoms. The lowest BCUT2D eigenvalue weighted by Gasteiger charge is -2.18. The summed E-state index contributed by atoms with van der Waals surface area (Å²) in [6.45, 7) is 2.47. The number of nitrogens with two attached hydrogens (primary N) is 1. The average Bonchev–Trinajstić information content (AvgIpc) is 2.96. The van der Waals surface area contributed by atoms with Crippen LogP contribution >= 0.6 is 12.4 Å². The molecule has 0 saturated carbocycles. The van der Waals surface area contributed by atoms with Gasteiger partial charge in [0.15, 0.2) is 0 Å². The number of carbonyl (C=O) groups excluding carboxylic acids is 1. The van der Waals surface area contributed by atoms with E-state index < -0.39 is 0 Å². The van der Waals surface area contributed by atoms with Crippen LogP contribution in [0.1, 0.15) is 25.3 Å². The zero-order valence-corrected chi connectivity index (χ0v) is 13.9. The van der Waals surface area contributed by atoms with E-state index >= 15 is 0 Å². The predicted octanol–water partition coefficient (Wildman–Crippen LogP) is 1.67. The third-order valence-corrected chi connectivity index (χ3v) is 3.73. The molecular formula is C16H25ClN2O3. The molecule has 2 rings (SSSR count). The molecule has 1 aromatic rings. The lowest BCUT2D eigenvalue weighted by Crippen LogP contribution is -2.41. The Morgan fingerprint density at radius 2 is 2.27 bits per heavy atom. The number of hydrogen-bond donors (Lipinski definition) is 2. The first kappa shape index (κ1) is 18.7. The highest BCUT2D eigenvalue weighted by Crippen LogP contribution is 2.19. The van der Waals surface area contributed by atoms with Gasteiger partial charge in [-0.05, 0) is 43.9 Å². The number of carbonyl (C=O) groups is 1. The number of hydrogen-bond acceptors (Lipinski definition) is 4. The Bertz CT molecular complexity index is 484. The van der Waals surface area contributed by atoms with Gasteiger partial charge in [0.05, 0.1) is 13.2 Å². The zero-order valence-electron chi connectivity index (χ0n) is 13.1. The molecule has 1 amide bonds. The molecule has 124 valence electrons. The summed E-state index contributed by atoms with van der Waals surface area (Å²) in [6, 6.07) is 7.92. The second-order valence-corrected chi connectivity index (χ2v) is 5.53. The molecule has 0 aliphatic carbocycles. The van der Waals surface area contributed by atoms with Crippen LogP contribution in [0.15, 0.2) is 24.3 Å². The summed E-state index contributed by atoms with van der Waals surface area (Å²) >= 11 is 0. The van der Waals surface area contributed by atoms with Crippen molar-refractivity contribution in [2.75, 3.05) is 13.7 Å². The van der Waals surface area contributed by atoms with Gasteiger partial charge >= 0.3 is 0 Å². The maximum Gasteiger partial charge on any atom is 0.249 e. The summed E-state index contributed by atoms with van der Waals surface area (Å²) in [5.74, 6) is 0.789. The van der Waals surface area contributed by atoms with Gasteiger partial charge in [-0.15, -0.1) is 12.4 Å². The van der Waals surface area contributed by atoms with E-state index in [4.69, 9.17) is 15.2 Å². The number of benzene rings is 1. The van der Waals surface area contributed by atoms with Crippen LogP contribution in [0.5, 0.6) is 5.75 Å². The zero-order chi connectivity index (χ0) is 15.2. The van der Waals surface area contributed by atoms with Gasteiger partial charge in [-0.25, -0.2) is 0 Å². The van der Waals surface area contributed by atoms with E-state index in [-0.39, 0.29) is 36.6 Å². The van der Waals surface area contributed by atoms with E-state index in [1.807, 2.05) is 31.2 Å². The summed E-state index contributed by atoms with van der Waals surface area (Å²) in [5.41, 5.74) is 6.69. The average molecular weight is 329 g/mol. The molecular weight excluding hydrogens is 304 g/mol. The first-order valence-corrected chi connectivity index (χ1v) is 7.41. The van der Waals surface area contributed by atoms with Gasteiger partial charge in [-0.2, -0.15) is 0 Å². The minimum absolute atomic E-state index is 0. The number of ether oxygens (including phenoxy) is 2. The topological polar surface area (TPSA) is 73.6 Å². The highest BCUT2D eigenvalue weighted by molar-refractivity contribution is 5.85. The van der Waals surface area contributed by atoms with Crippen LogP contribution in [0.2, 0.25) is 0 Å². The summed E-state index contributed by atoms with van der Waals surface area (Å²) in [6.07, 6.45) is 2.04. The fourth-order valence-electron chi connectivity index (χ4n) is 2.61. The second-order valence-electron chi connectivity index (χ2n) is 5.53. The quantitative estimate of drug-likeness (QED) is 0.833. The van der Waals surface area contributed by atoms with Crippen molar-refractivity contribution < 1.29 is 14.3 Å². The molecule has 0 radical (unpaired) electrons. The number of halogens is 1. The van der Waals surface area contributed by atoms with Gasteiger partial charge in [0, 0.05) is 12.6 Å². The molecule has 0 bridgehead atoms. The smallest absolute Gasteiger partial charge is 0.249 e. The SMILES string of the molecule is COc1cccc(CC(C)NC(=O)[C@@H]2CC[C@H](CN)O2)c1.Cl. The van der Waals surface area contributed by atoms with Crippen molar-refractivity contribution in [3.8, 4) is 5.75 Å². The van der Waals surface area contributed by atoms with Crippen LogP contribution in [0.25, 0.3) is 0 Å². The van der Waals surface area contributed by atoms with Gasteiger partial charge in [0.2, 0.25) is 5.91 Å². The minimum Gasteiger partial charge on any atom is -0.497 e. The largest absolute Gasteiger partial charge is 0.497 e. The highest BCUT2D eigenvalue weighted by Gasteiger charge is 2.30. The predicted molar refractivity (Wildman–Crippen MR) is 88.5 cm³/mol. The fourth-order valence-corrected chi connectivity index (χ4v) is 2.61. The molecule has 1 unspecified atom stereocenters. The Hall–Kier alpha value is -1.30. The number of rotatable bonds is 6. The number of amides is 1. The van der Waals surface area contributed by atoms with Crippen molar-refractivity contribution in [2.45, 2.75) is 44.4 Å². The van der Waals surface area contributed by atoms with Crippen LogP contribution in [-0.4, -0.2) is 37.8 Å². The van der Waals surface area contributed by atoms with E-state index in [0.717, 1.165) is 30.6 Å². The van der Waals surface area contributed by atoms with Gasteiger partial charge < -0.3 is 20.5 Å². The molecule has 6 heteroatoms. The lowest BCUT2D eigenvalue weighted by atomic mass is 10.1. The third-order valence-electron chi connectivity index (χ3n) is 3.73. The molecule has 1 fully saturated rings. The van der Waals surface area contributed by atoms with E-state index in [0.29, 0.717) is 6.54 Å². The maximum absolute atomic E-state index is 12.1. The summed E-state index contributed by atoms with van der Waals surface area (Å²) < 4.78 is 10.8. The Kier molecular flexibility index (Phi) is 7.65. The summed E-state index contributed by atoms with van der Waals surface area (Å²) in [7, 11) is 1.65. The molecule has 1 saturated heterocycles. The molecule has 1 aromatic carbocycles. The molecule has 3 atom stereocenters. The fraction of sp³-hybridized carbons (Fsp3) is 0.562. The van der Waals surface area contributed by atoms with Crippen LogP contribution < -0.4 is 15.8 Å². The van der Waals surface area contributed by atoms with Crippen molar-refractivity contribution in [1.82, 2.24) is 5.32 Å². The normalized spacial score (nSPS) is 21.8. The standard InChI is InChI=1S/C16H24N2O3.ClH/c1-11(8-12-4-3-5-13(9-12)20-2)18-16(19)15-7-6-14(10-17)21-15;/h3-5,9,11,14-15H,6-8,10,17H2,1-2H3,(H,18,19);1H/t11?,14-,15+;/m1./s1. The lowest BCUT2D eigenvalue weighted by molar-refractivity contribution is -0.132. The molecule has 1 heterocycles. The van der Waals surface area contributed by atoms with Gasteiger partial charge in [0.1, 0.15) is 11.9 Å². The number of nitrogens with one attached hydrogen (secondary N) is 1. The van der Waals surface area contributed by atoms with E-state index in [1.165, 1.54) is 0 Å². The van der Waals surface area contributed by atoms with Crippen LogP contribution in [0.4, 0.5) is 0 Å². The monoisotopic (exact) mass is 328 g/mol. The Morgan fingerprint density at radius 1 is 1.50 bits per heavy atom. The van der Waals surface area contributed by atoms with Gasteiger partial charge in [-0.3, -0.25) is 4.79 Å². The maximum atomic E-state index is 12.1. The Morgan fingerprint density at radius 3 is 2.91 bits per heavy atom. The minimum atomic E-state index is -0.355. The third kappa shape index (κ3) is 5.16. The van der Waals surface area contributed by atoms with Crippen molar-refractivity contribution in [1.29, 1.82) is 0 Å². The first-order valence-electron chi connectivity index (χ1n) is 7.41. The van der Waals surface area contributed by atoms with E-state index in [2.05, 4.69) is 5.32 Å². The van der Waals surface area contributed by atoms with Crippen LogP contribution in [0, 0.1) is 0 Å². The van der Waals surface area contributed by atoms with Crippen molar-refractivity contribution >= 4 is 18.3 Å². The number of methoxy groups -OCH3 is 1. The Balaban J connectivity index is 0.00000242. The molecule has 5 nitrogen and oxygen atoms in total. The Labute approximate surface area is 138 Å². The van der Waals surface area contributed by atoms with Gasteiger partial charge in [-0.1, -0.05) is 12.1 Å². The molecule has 1 aliphatic rings. The van der Waals surface area contributed by atoms with Crippen molar-refractivity contribution in [3.63, 3.8) is 0 Å². The van der Waals surface area contributed by atoms with Gasteiger partial charge in [0.25, 0.3) is 0 Å². The molecule has 3 N–H and O–H groups in total. The molecule has 1 aliphatic heterocycles. The first-order chi connectivity index (χ1) is 10.1. The molecule has 0 aromatic heterocycles. The summed E-state index contributed by atoms with van der Waals surface area (Å²) in [5, 5.41) is 3.01. The summed E-state index contributed by atoms with van der Waals surface area (Å²) in [4.78, 5) is 12.1. The molecule has 0 spiro atoms. The van der Waals surface area contributed by atoms with Crippen molar-refractivity contribution in [2.24, 2.45) is 5.73 Å². The van der Waals surface area contributed by atoms with Crippen molar-refractivity contribution in [3.05, 3.63) is 29.8 Å².